The zero-order valence-electron chi connectivity index (χ0n) is 14.1. The molecule has 4 heteroatoms. The van der Waals surface area contributed by atoms with E-state index in [-0.39, 0.29) is 11.5 Å². The maximum Gasteiger partial charge on any atom is 0.0603 e. The Kier molecular flexibility index (Phi) is 6.48. The molecule has 2 fully saturated rings. The van der Waals surface area contributed by atoms with Crippen molar-refractivity contribution in [1.29, 1.82) is 0 Å². The van der Waals surface area contributed by atoms with Crippen molar-refractivity contribution in [3.63, 3.8) is 0 Å². The zero-order valence-corrected chi connectivity index (χ0v) is 14.1. The number of hydrogen-bond acceptors (Lipinski definition) is 4. The quantitative estimate of drug-likeness (QED) is 0.690. The maximum absolute atomic E-state index is 5.99. The first-order valence-electron chi connectivity index (χ1n) is 8.39. The molecule has 0 radical (unpaired) electrons. The van der Waals surface area contributed by atoms with E-state index >= 15 is 0 Å². The summed E-state index contributed by atoms with van der Waals surface area (Å²) in [4.78, 5) is 0. The van der Waals surface area contributed by atoms with Crippen LogP contribution in [0.15, 0.2) is 0 Å². The fraction of sp³-hybridized carbons (Fsp3) is 1.00. The fourth-order valence-electron chi connectivity index (χ4n) is 2.92. The van der Waals surface area contributed by atoms with Crippen LogP contribution in [0.5, 0.6) is 0 Å². The van der Waals surface area contributed by atoms with Gasteiger partial charge in [-0.05, 0) is 46.0 Å². The van der Waals surface area contributed by atoms with Gasteiger partial charge in [0.25, 0.3) is 0 Å². The van der Waals surface area contributed by atoms with Gasteiger partial charge < -0.3 is 18.9 Å². The fourth-order valence-corrected chi connectivity index (χ4v) is 2.92. The van der Waals surface area contributed by atoms with Crippen molar-refractivity contribution in [1.82, 2.24) is 0 Å². The Morgan fingerprint density at radius 3 is 2.57 bits per heavy atom. The van der Waals surface area contributed by atoms with Gasteiger partial charge in [0, 0.05) is 18.6 Å². The molecule has 0 aromatic rings. The Bertz CT molecular complexity index is 301. The Balaban J connectivity index is 1.64. The van der Waals surface area contributed by atoms with Gasteiger partial charge >= 0.3 is 0 Å². The van der Waals surface area contributed by atoms with Crippen molar-refractivity contribution >= 4 is 0 Å². The van der Waals surface area contributed by atoms with E-state index in [0.29, 0.717) is 18.1 Å². The molecule has 0 aliphatic carbocycles. The van der Waals surface area contributed by atoms with Gasteiger partial charge in [-0.2, -0.15) is 0 Å². The molecule has 4 nitrogen and oxygen atoms in total. The molecule has 0 aromatic heterocycles. The van der Waals surface area contributed by atoms with E-state index in [4.69, 9.17) is 18.9 Å². The van der Waals surface area contributed by atoms with E-state index in [1.54, 1.807) is 0 Å². The predicted octanol–water partition coefficient (Wildman–Crippen LogP) is 3.04. The Morgan fingerprint density at radius 2 is 1.95 bits per heavy atom. The highest BCUT2D eigenvalue weighted by Gasteiger charge is 2.34. The lowest BCUT2D eigenvalue weighted by atomic mass is 9.90. The van der Waals surface area contributed by atoms with E-state index < -0.39 is 0 Å². The third kappa shape index (κ3) is 5.85. The first-order valence-corrected chi connectivity index (χ1v) is 8.39. The second-order valence-electron chi connectivity index (χ2n) is 7.43. The average Bonchev–Trinajstić information content (AvgIpc) is 2.41. The summed E-state index contributed by atoms with van der Waals surface area (Å²) in [5.74, 6) is 0.635. The van der Waals surface area contributed by atoms with E-state index in [1.165, 1.54) is 0 Å². The Hall–Kier alpha value is -0.160. The van der Waals surface area contributed by atoms with Crippen LogP contribution in [0.4, 0.5) is 0 Å². The molecule has 2 aliphatic rings. The van der Waals surface area contributed by atoms with E-state index in [2.05, 4.69) is 27.7 Å². The van der Waals surface area contributed by atoms with E-state index in [9.17, 15) is 0 Å². The van der Waals surface area contributed by atoms with Crippen molar-refractivity contribution in [2.75, 3.05) is 33.0 Å². The molecule has 2 heterocycles. The summed E-state index contributed by atoms with van der Waals surface area (Å²) in [5.41, 5.74) is 0.231. The topological polar surface area (TPSA) is 36.9 Å². The number of hydrogen-bond donors (Lipinski definition) is 0. The minimum absolute atomic E-state index is 0.231. The minimum atomic E-state index is 0.231. The molecule has 2 rings (SSSR count). The van der Waals surface area contributed by atoms with Crippen LogP contribution in [-0.4, -0.2) is 51.3 Å². The van der Waals surface area contributed by atoms with E-state index in [0.717, 1.165) is 52.3 Å². The molecule has 0 spiro atoms. The van der Waals surface area contributed by atoms with Crippen molar-refractivity contribution in [2.24, 2.45) is 11.3 Å². The van der Waals surface area contributed by atoms with Crippen molar-refractivity contribution < 1.29 is 18.9 Å². The van der Waals surface area contributed by atoms with Crippen LogP contribution < -0.4 is 0 Å². The van der Waals surface area contributed by atoms with Crippen LogP contribution in [0.3, 0.4) is 0 Å². The van der Waals surface area contributed by atoms with Gasteiger partial charge in [-0.25, -0.2) is 0 Å². The monoisotopic (exact) mass is 300 g/mol. The van der Waals surface area contributed by atoms with Gasteiger partial charge in [-0.15, -0.1) is 0 Å². The van der Waals surface area contributed by atoms with Gasteiger partial charge in [0.1, 0.15) is 0 Å². The molecule has 0 bridgehead atoms. The molecule has 3 atom stereocenters. The summed E-state index contributed by atoms with van der Waals surface area (Å²) in [5, 5.41) is 0. The third-order valence-corrected chi connectivity index (χ3v) is 4.35. The van der Waals surface area contributed by atoms with Gasteiger partial charge in [-0.3, -0.25) is 0 Å². The number of rotatable bonds is 8. The lowest BCUT2D eigenvalue weighted by molar-refractivity contribution is -0.152. The zero-order chi connectivity index (χ0) is 15.3. The van der Waals surface area contributed by atoms with Crippen LogP contribution in [0.2, 0.25) is 0 Å². The van der Waals surface area contributed by atoms with Gasteiger partial charge in [-0.1, -0.05) is 6.92 Å². The summed E-state index contributed by atoms with van der Waals surface area (Å²) in [7, 11) is 0. The highest BCUT2D eigenvalue weighted by atomic mass is 16.5. The SMILES string of the molecule is CC(C)OCC1CCOC(CC(C)OCC2(C)COC2)C1. The third-order valence-electron chi connectivity index (χ3n) is 4.35. The first kappa shape index (κ1) is 17.2. The summed E-state index contributed by atoms with van der Waals surface area (Å²) in [6, 6.07) is 0. The van der Waals surface area contributed by atoms with Crippen LogP contribution in [0.25, 0.3) is 0 Å². The van der Waals surface area contributed by atoms with Crippen LogP contribution in [-0.2, 0) is 18.9 Å². The second-order valence-corrected chi connectivity index (χ2v) is 7.43. The summed E-state index contributed by atoms with van der Waals surface area (Å²) in [6.07, 6.45) is 4.08. The standard InChI is InChI=1S/C17H32O4/c1-13(2)20-9-15-5-6-19-16(8-15)7-14(3)21-12-17(4)10-18-11-17/h13-16H,5-12H2,1-4H3. The molecule has 2 saturated heterocycles. The molecule has 0 amide bonds. The molecular formula is C17H32O4. The molecule has 21 heavy (non-hydrogen) atoms. The largest absolute Gasteiger partial charge is 0.380 e. The number of ether oxygens (including phenoxy) is 4. The molecule has 2 aliphatic heterocycles. The molecule has 0 N–H and O–H groups in total. The smallest absolute Gasteiger partial charge is 0.0603 e. The Morgan fingerprint density at radius 1 is 1.19 bits per heavy atom. The van der Waals surface area contributed by atoms with Gasteiger partial charge in [0.05, 0.1) is 38.1 Å². The molecule has 0 saturated carbocycles. The average molecular weight is 300 g/mol. The van der Waals surface area contributed by atoms with E-state index in [1.807, 2.05) is 0 Å². The summed E-state index contributed by atoms with van der Waals surface area (Å²) >= 11 is 0. The second kappa shape index (κ2) is 7.91. The lowest BCUT2D eigenvalue weighted by Gasteiger charge is -2.39. The van der Waals surface area contributed by atoms with Crippen LogP contribution in [0, 0.1) is 11.3 Å². The van der Waals surface area contributed by atoms with Crippen LogP contribution in [0.1, 0.15) is 47.0 Å². The van der Waals surface area contributed by atoms with Gasteiger partial charge in [0.2, 0.25) is 0 Å². The molecule has 0 aromatic carbocycles. The van der Waals surface area contributed by atoms with Crippen molar-refractivity contribution in [3.8, 4) is 0 Å². The highest BCUT2D eigenvalue weighted by molar-refractivity contribution is 4.81. The summed E-state index contributed by atoms with van der Waals surface area (Å²) in [6.45, 7) is 12.7. The van der Waals surface area contributed by atoms with Crippen molar-refractivity contribution in [2.45, 2.75) is 65.3 Å². The predicted molar refractivity (Wildman–Crippen MR) is 82.5 cm³/mol. The first-order chi connectivity index (χ1) is 9.97. The molecular weight excluding hydrogens is 268 g/mol. The Labute approximate surface area is 129 Å². The molecule has 124 valence electrons. The van der Waals surface area contributed by atoms with Crippen molar-refractivity contribution in [3.05, 3.63) is 0 Å². The minimum Gasteiger partial charge on any atom is -0.380 e. The lowest BCUT2D eigenvalue weighted by Crippen LogP contribution is -2.44. The van der Waals surface area contributed by atoms with Crippen LogP contribution >= 0.6 is 0 Å². The molecule has 3 unspecified atom stereocenters. The van der Waals surface area contributed by atoms with Gasteiger partial charge in [0.15, 0.2) is 0 Å². The highest BCUT2D eigenvalue weighted by Crippen LogP contribution is 2.28. The maximum atomic E-state index is 5.99. The normalized spacial score (nSPS) is 30.1. The summed E-state index contributed by atoms with van der Waals surface area (Å²) < 4.78 is 22.9.